The molecule has 0 aromatic carbocycles. The molecule has 0 bridgehead atoms. The Bertz CT molecular complexity index is 410. The number of amides is 3. The molecule has 2 fully saturated rings. The molecule has 3 amide bonds. The van der Waals surface area contributed by atoms with Crippen molar-refractivity contribution in [1.82, 2.24) is 15.5 Å². The fourth-order valence-electron chi connectivity index (χ4n) is 2.50. The van der Waals surface area contributed by atoms with E-state index in [2.05, 4.69) is 10.6 Å². The predicted octanol–water partition coefficient (Wildman–Crippen LogP) is -1.26. The topological polar surface area (TPSA) is 119 Å². The van der Waals surface area contributed by atoms with Crippen molar-refractivity contribution in [1.29, 1.82) is 0 Å². The van der Waals surface area contributed by atoms with Crippen LogP contribution >= 0.6 is 0 Å². The van der Waals surface area contributed by atoms with Crippen LogP contribution in [0.25, 0.3) is 0 Å². The predicted molar refractivity (Wildman–Crippen MR) is 67.9 cm³/mol. The van der Waals surface area contributed by atoms with E-state index in [0.29, 0.717) is 26.1 Å². The van der Waals surface area contributed by atoms with E-state index in [1.165, 1.54) is 4.90 Å². The zero-order chi connectivity index (χ0) is 14.7. The van der Waals surface area contributed by atoms with E-state index < -0.39 is 24.1 Å². The maximum atomic E-state index is 11.9. The molecule has 0 aromatic heterocycles. The molecule has 2 rings (SSSR count). The SMILES string of the molecule is O=C(O)NC(C[C@@H]1CCNC1=O)C(O)C(=O)N1CCC1. The number of hydrogen-bond donors (Lipinski definition) is 4. The molecule has 2 saturated heterocycles. The fourth-order valence-corrected chi connectivity index (χ4v) is 2.50. The highest BCUT2D eigenvalue weighted by molar-refractivity contribution is 5.84. The fraction of sp³-hybridized carbons (Fsp3) is 0.750. The van der Waals surface area contributed by atoms with Crippen LogP contribution < -0.4 is 10.6 Å². The van der Waals surface area contributed by atoms with Crippen molar-refractivity contribution in [3.63, 3.8) is 0 Å². The molecule has 0 radical (unpaired) electrons. The van der Waals surface area contributed by atoms with Gasteiger partial charge in [-0.3, -0.25) is 9.59 Å². The molecule has 2 aliphatic heterocycles. The molecule has 0 saturated carbocycles. The van der Waals surface area contributed by atoms with E-state index in [-0.39, 0.29) is 18.2 Å². The van der Waals surface area contributed by atoms with Gasteiger partial charge >= 0.3 is 6.09 Å². The van der Waals surface area contributed by atoms with Gasteiger partial charge in [-0.2, -0.15) is 0 Å². The van der Waals surface area contributed by atoms with Crippen LogP contribution in [0.4, 0.5) is 4.79 Å². The summed E-state index contributed by atoms with van der Waals surface area (Å²) in [6.45, 7) is 1.71. The molecule has 2 aliphatic rings. The van der Waals surface area contributed by atoms with Crippen molar-refractivity contribution in [2.24, 2.45) is 5.92 Å². The summed E-state index contributed by atoms with van der Waals surface area (Å²) in [4.78, 5) is 35.8. The minimum absolute atomic E-state index is 0.124. The van der Waals surface area contributed by atoms with Gasteiger partial charge in [0.15, 0.2) is 6.10 Å². The summed E-state index contributed by atoms with van der Waals surface area (Å²) in [5.74, 6) is -1.01. The zero-order valence-electron chi connectivity index (χ0n) is 11.0. The number of aliphatic hydroxyl groups is 1. The normalized spacial score (nSPS) is 24.6. The number of carboxylic acid groups (broad SMARTS) is 1. The molecular weight excluding hydrogens is 266 g/mol. The molecule has 0 aromatic rings. The quantitative estimate of drug-likeness (QED) is 0.503. The lowest BCUT2D eigenvalue weighted by Crippen LogP contribution is -2.55. The van der Waals surface area contributed by atoms with Gasteiger partial charge in [-0.25, -0.2) is 4.79 Å². The van der Waals surface area contributed by atoms with Crippen LogP contribution in [0.3, 0.4) is 0 Å². The van der Waals surface area contributed by atoms with Crippen molar-refractivity contribution < 1.29 is 24.6 Å². The van der Waals surface area contributed by atoms with Crippen molar-refractivity contribution in [3.05, 3.63) is 0 Å². The van der Waals surface area contributed by atoms with E-state index in [4.69, 9.17) is 5.11 Å². The number of aliphatic hydroxyl groups excluding tert-OH is 1. The van der Waals surface area contributed by atoms with Gasteiger partial charge in [0, 0.05) is 25.6 Å². The van der Waals surface area contributed by atoms with Crippen LogP contribution in [0.15, 0.2) is 0 Å². The van der Waals surface area contributed by atoms with Gasteiger partial charge in [0.25, 0.3) is 5.91 Å². The monoisotopic (exact) mass is 285 g/mol. The van der Waals surface area contributed by atoms with Crippen molar-refractivity contribution in [3.8, 4) is 0 Å². The van der Waals surface area contributed by atoms with Gasteiger partial charge in [-0.1, -0.05) is 0 Å². The van der Waals surface area contributed by atoms with E-state index >= 15 is 0 Å². The Morgan fingerprint density at radius 2 is 2.15 bits per heavy atom. The highest BCUT2D eigenvalue weighted by atomic mass is 16.4. The number of carbonyl (C=O) groups excluding carboxylic acids is 2. The number of rotatable bonds is 5. The van der Waals surface area contributed by atoms with Gasteiger partial charge in [0.2, 0.25) is 5.91 Å². The summed E-state index contributed by atoms with van der Waals surface area (Å²) in [6.07, 6.45) is -1.16. The van der Waals surface area contributed by atoms with Gasteiger partial charge in [-0.05, 0) is 19.3 Å². The summed E-state index contributed by atoms with van der Waals surface area (Å²) < 4.78 is 0. The molecule has 4 N–H and O–H groups in total. The Morgan fingerprint density at radius 1 is 1.45 bits per heavy atom. The Balaban J connectivity index is 1.99. The average molecular weight is 285 g/mol. The lowest BCUT2D eigenvalue weighted by atomic mass is 9.94. The highest BCUT2D eigenvalue weighted by Gasteiger charge is 2.37. The van der Waals surface area contributed by atoms with E-state index in [1.807, 2.05) is 0 Å². The third-order valence-electron chi connectivity index (χ3n) is 3.81. The number of hydrogen-bond acceptors (Lipinski definition) is 4. The van der Waals surface area contributed by atoms with Crippen LogP contribution in [0.1, 0.15) is 19.3 Å². The van der Waals surface area contributed by atoms with Crippen LogP contribution in [0.5, 0.6) is 0 Å². The van der Waals surface area contributed by atoms with Crippen LogP contribution in [-0.4, -0.2) is 64.8 Å². The van der Waals surface area contributed by atoms with Crippen LogP contribution in [0, 0.1) is 5.92 Å². The molecule has 0 spiro atoms. The smallest absolute Gasteiger partial charge is 0.404 e. The molecule has 8 heteroatoms. The minimum atomic E-state index is -1.44. The molecule has 2 heterocycles. The maximum absolute atomic E-state index is 11.9. The molecular formula is C12H19N3O5. The van der Waals surface area contributed by atoms with Crippen LogP contribution in [-0.2, 0) is 9.59 Å². The largest absolute Gasteiger partial charge is 0.465 e. The first-order valence-corrected chi connectivity index (χ1v) is 6.73. The summed E-state index contributed by atoms with van der Waals surface area (Å²) in [6, 6.07) is -0.963. The first kappa shape index (κ1) is 14.6. The third kappa shape index (κ3) is 3.19. The summed E-state index contributed by atoms with van der Waals surface area (Å²) in [7, 11) is 0. The molecule has 3 atom stereocenters. The molecule has 8 nitrogen and oxygen atoms in total. The van der Waals surface area contributed by atoms with Crippen molar-refractivity contribution in [2.45, 2.75) is 31.4 Å². The Labute approximate surface area is 116 Å². The molecule has 20 heavy (non-hydrogen) atoms. The third-order valence-corrected chi connectivity index (χ3v) is 3.81. The average Bonchev–Trinajstić information content (AvgIpc) is 2.70. The summed E-state index contributed by atoms with van der Waals surface area (Å²) >= 11 is 0. The second-order valence-corrected chi connectivity index (χ2v) is 5.19. The van der Waals surface area contributed by atoms with Crippen LogP contribution in [0.2, 0.25) is 0 Å². The van der Waals surface area contributed by atoms with E-state index in [9.17, 15) is 19.5 Å². The van der Waals surface area contributed by atoms with Gasteiger partial charge in [0.1, 0.15) is 0 Å². The van der Waals surface area contributed by atoms with Gasteiger partial charge in [-0.15, -0.1) is 0 Å². The summed E-state index contributed by atoms with van der Waals surface area (Å²) in [5, 5.41) is 23.7. The number of nitrogens with zero attached hydrogens (tertiary/aromatic N) is 1. The minimum Gasteiger partial charge on any atom is -0.465 e. The van der Waals surface area contributed by atoms with Crippen molar-refractivity contribution >= 4 is 17.9 Å². The molecule has 112 valence electrons. The van der Waals surface area contributed by atoms with E-state index in [1.54, 1.807) is 0 Å². The lowest BCUT2D eigenvalue weighted by molar-refractivity contribution is -0.145. The van der Waals surface area contributed by atoms with E-state index in [0.717, 1.165) is 6.42 Å². The number of likely N-dealkylation sites (tertiary alicyclic amines) is 1. The summed E-state index contributed by atoms with van der Waals surface area (Å²) in [5.41, 5.74) is 0. The van der Waals surface area contributed by atoms with Gasteiger partial charge < -0.3 is 25.7 Å². The number of carbonyl (C=O) groups is 3. The zero-order valence-corrected chi connectivity index (χ0v) is 11.0. The standard InChI is InChI=1S/C12H19N3O5/c16-9(11(18)15-4-1-5-15)8(14-12(19)20)6-7-2-3-13-10(7)17/h7-9,14,16H,1-6H2,(H,13,17)(H,19,20)/t7-,8?,9?/m0/s1. The van der Waals surface area contributed by atoms with Gasteiger partial charge in [0.05, 0.1) is 6.04 Å². The van der Waals surface area contributed by atoms with Crippen molar-refractivity contribution in [2.75, 3.05) is 19.6 Å². The lowest BCUT2D eigenvalue weighted by Gasteiger charge is -2.35. The second kappa shape index (κ2) is 6.08. The Morgan fingerprint density at radius 3 is 2.60 bits per heavy atom. The molecule has 0 aliphatic carbocycles. The maximum Gasteiger partial charge on any atom is 0.404 e. The second-order valence-electron chi connectivity index (χ2n) is 5.19. The Kier molecular flexibility index (Phi) is 4.43. The Hall–Kier alpha value is -1.83. The first-order chi connectivity index (χ1) is 9.49. The molecule has 2 unspecified atom stereocenters. The highest BCUT2D eigenvalue weighted by Crippen LogP contribution is 2.19. The first-order valence-electron chi connectivity index (χ1n) is 6.73. The number of nitrogens with one attached hydrogen (secondary N) is 2.